The highest BCUT2D eigenvalue weighted by Crippen LogP contribution is 2.38. The lowest BCUT2D eigenvalue weighted by Gasteiger charge is -2.44. The Morgan fingerprint density at radius 1 is 0.879 bits per heavy atom. The maximum Gasteiger partial charge on any atom is 0.303 e. The number of carbonyl (C=O) groups is 4. The number of nitro benzene ring substituents is 1. The molecule has 1 aromatic rings. The SMILES string of the molecule is CC(=O)OC[C@H]1O[C@@H](Sc2ccc([N+](=O)[O-])cc2)[C@H](OC(C)=O)[C@@H](OC(C)=O)[C@H]1OC(C)=O. The molecule has 1 heterocycles. The third-order valence-corrected chi connectivity index (χ3v) is 5.40. The normalized spacial score (nSPS) is 24.3. The quantitative estimate of drug-likeness (QED) is 0.228. The van der Waals surface area contributed by atoms with E-state index in [1.165, 1.54) is 31.2 Å². The van der Waals surface area contributed by atoms with E-state index < -0.39 is 58.7 Å². The van der Waals surface area contributed by atoms with Gasteiger partial charge in [0.2, 0.25) is 0 Å². The van der Waals surface area contributed by atoms with Gasteiger partial charge >= 0.3 is 23.9 Å². The van der Waals surface area contributed by atoms with Crippen LogP contribution in [0.5, 0.6) is 0 Å². The predicted molar refractivity (Wildman–Crippen MR) is 111 cm³/mol. The summed E-state index contributed by atoms with van der Waals surface area (Å²) in [6.07, 6.45) is -4.81. The van der Waals surface area contributed by atoms with E-state index in [4.69, 9.17) is 23.7 Å². The molecule has 0 saturated carbocycles. The van der Waals surface area contributed by atoms with E-state index in [1.807, 2.05) is 0 Å². The third kappa shape index (κ3) is 7.71. The molecule has 0 radical (unpaired) electrons. The van der Waals surface area contributed by atoms with Crippen molar-refractivity contribution in [2.75, 3.05) is 6.61 Å². The largest absolute Gasteiger partial charge is 0.463 e. The molecule has 13 heteroatoms. The first-order valence-corrected chi connectivity index (χ1v) is 10.6. The van der Waals surface area contributed by atoms with Gasteiger partial charge in [-0.15, -0.1) is 0 Å². The zero-order valence-electron chi connectivity index (χ0n) is 18.2. The van der Waals surface area contributed by atoms with E-state index in [9.17, 15) is 29.3 Å². The standard InChI is InChI=1S/C20H23NO11S/c1-10(22)28-9-16-17(29-11(2)23)18(30-12(3)24)19(31-13(4)25)20(32-16)33-15-7-5-14(6-8-15)21(26)27/h5-8,16-20H,9H2,1-4H3/t16-,17+,18+,19-,20+/m1/s1. The maximum atomic E-state index is 11.8. The van der Waals surface area contributed by atoms with E-state index >= 15 is 0 Å². The molecular weight excluding hydrogens is 462 g/mol. The van der Waals surface area contributed by atoms with E-state index in [0.29, 0.717) is 4.90 Å². The van der Waals surface area contributed by atoms with Crippen LogP contribution in [0.1, 0.15) is 27.7 Å². The molecule has 0 N–H and O–H groups in total. The van der Waals surface area contributed by atoms with E-state index in [0.717, 1.165) is 32.5 Å². The van der Waals surface area contributed by atoms with Crippen molar-refractivity contribution in [3.63, 3.8) is 0 Å². The van der Waals surface area contributed by atoms with E-state index in [2.05, 4.69) is 0 Å². The number of esters is 4. The number of carbonyl (C=O) groups excluding carboxylic acids is 4. The summed E-state index contributed by atoms with van der Waals surface area (Å²) in [7, 11) is 0. The Balaban J connectivity index is 2.43. The van der Waals surface area contributed by atoms with Crippen LogP contribution in [0.15, 0.2) is 29.2 Å². The minimum Gasteiger partial charge on any atom is -0.463 e. The number of non-ortho nitro benzene ring substituents is 1. The van der Waals surface area contributed by atoms with Crippen LogP contribution in [0.25, 0.3) is 0 Å². The van der Waals surface area contributed by atoms with Crippen molar-refractivity contribution >= 4 is 41.3 Å². The Hall–Kier alpha value is -3.19. The number of nitro groups is 1. The van der Waals surface area contributed by atoms with Crippen molar-refractivity contribution in [3.05, 3.63) is 34.4 Å². The second kappa shape index (κ2) is 11.6. The highest BCUT2D eigenvalue weighted by molar-refractivity contribution is 7.99. The lowest BCUT2D eigenvalue weighted by molar-refractivity contribution is -0.384. The molecule has 0 bridgehead atoms. The summed E-state index contributed by atoms with van der Waals surface area (Å²) in [6.45, 7) is 4.24. The lowest BCUT2D eigenvalue weighted by Crippen LogP contribution is -2.61. The van der Waals surface area contributed by atoms with Gasteiger partial charge in [-0.3, -0.25) is 29.3 Å². The predicted octanol–water partition coefficient (Wildman–Crippen LogP) is 1.77. The second-order valence-electron chi connectivity index (χ2n) is 6.94. The highest BCUT2D eigenvalue weighted by atomic mass is 32.2. The highest BCUT2D eigenvalue weighted by Gasteiger charge is 2.52. The van der Waals surface area contributed by atoms with Gasteiger partial charge < -0.3 is 23.7 Å². The number of ether oxygens (including phenoxy) is 5. The van der Waals surface area contributed by atoms with Gasteiger partial charge in [0.05, 0.1) is 4.92 Å². The first-order valence-electron chi connectivity index (χ1n) is 9.69. The summed E-state index contributed by atoms with van der Waals surface area (Å²) in [5, 5.41) is 10.9. The van der Waals surface area contributed by atoms with Gasteiger partial charge in [-0.1, -0.05) is 11.8 Å². The molecule has 0 aliphatic carbocycles. The van der Waals surface area contributed by atoms with Crippen LogP contribution in [0.3, 0.4) is 0 Å². The summed E-state index contributed by atoms with van der Waals surface area (Å²) in [5.74, 6) is -2.79. The average Bonchev–Trinajstić information content (AvgIpc) is 2.70. The van der Waals surface area contributed by atoms with Crippen molar-refractivity contribution in [3.8, 4) is 0 Å². The number of benzene rings is 1. The Kier molecular flexibility index (Phi) is 9.17. The summed E-state index contributed by atoms with van der Waals surface area (Å²) in [6, 6.07) is 5.51. The van der Waals surface area contributed by atoms with E-state index in [-0.39, 0.29) is 12.3 Å². The van der Waals surface area contributed by atoms with Crippen LogP contribution < -0.4 is 0 Å². The fourth-order valence-corrected chi connectivity index (χ4v) is 4.17. The lowest BCUT2D eigenvalue weighted by atomic mass is 9.99. The van der Waals surface area contributed by atoms with Crippen LogP contribution >= 0.6 is 11.8 Å². The fraction of sp³-hybridized carbons (Fsp3) is 0.500. The smallest absolute Gasteiger partial charge is 0.303 e. The van der Waals surface area contributed by atoms with Crippen LogP contribution in [0, 0.1) is 10.1 Å². The molecule has 33 heavy (non-hydrogen) atoms. The first kappa shape index (κ1) is 26.1. The van der Waals surface area contributed by atoms with Crippen molar-refractivity contribution in [2.24, 2.45) is 0 Å². The van der Waals surface area contributed by atoms with Gasteiger partial charge in [0.1, 0.15) is 18.1 Å². The Morgan fingerprint density at radius 2 is 1.39 bits per heavy atom. The molecule has 1 saturated heterocycles. The van der Waals surface area contributed by atoms with Crippen molar-refractivity contribution in [1.82, 2.24) is 0 Å². The van der Waals surface area contributed by atoms with Gasteiger partial charge in [0.25, 0.3) is 5.69 Å². The van der Waals surface area contributed by atoms with Gasteiger partial charge in [0, 0.05) is 44.7 Å². The van der Waals surface area contributed by atoms with Crippen molar-refractivity contribution < 1.29 is 47.8 Å². The molecule has 1 aliphatic rings. The topological polar surface area (TPSA) is 158 Å². The number of rotatable bonds is 8. The minimum atomic E-state index is -1.28. The van der Waals surface area contributed by atoms with Crippen molar-refractivity contribution in [2.45, 2.75) is 62.4 Å². The molecule has 180 valence electrons. The molecule has 1 aliphatic heterocycles. The fourth-order valence-electron chi connectivity index (χ4n) is 3.06. The number of thioether (sulfide) groups is 1. The molecule has 2 rings (SSSR count). The van der Waals surface area contributed by atoms with Crippen LogP contribution in [-0.2, 0) is 42.9 Å². The summed E-state index contributed by atoms with van der Waals surface area (Å²) in [5.41, 5.74) is -1.13. The molecular formula is C20H23NO11S. The molecule has 0 unspecified atom stereocenters. The molecule has 12 nitrogen and oxygen atoms in total. The molecule has 0 aromatic heterocycles. The van der Waals surface area contributed by atoms with Gasteiger partial charge in [-0.05, 0) is 12.1 Å². The zero-order chi connectivity index (χ0) is 24.7. The molecule has 0 spiro atoms. The second-order valence-corrected chi connectivity index (χ2v) is 8.11. The summed E-state index contributed by atoms with van der Waals surface area (Å²) in [4.78, 5) is 57.5. The monoisotopic (exact) mass is 485 g/mol. The summed E-state index contributed by atoms with van der Waals surface area (Å²) < 4.78 is 27.0. The zero-order valence-corrected chi connectivity index (χ0v) is 19.1. The van der Waals surface area contributed by atoms with Gasteiger partial charge in [0.15, 0.2) is 18.3 Å². The molecule has 1 fully saturated rings. The summed E-state index contributed by atoms with van der Waals surface area (Å²) >= 11 is 1.03. The number of hydrogen-bond donors (Lipinski definition) is 0. The van der Waals surface area contributed by atoms with E-state index in [1.54, 1.807) is 0 Å². The Bertz CT molecular complexity index is 904. The van der Waals surface area contributed by atoms with Gasteiger partial charge in [-0.2, -0.15) is 0 Å². The van der Waals surface area contributed by atoms with Crippen molar-refractivity contribution in [1.29, 1.82) is 0 Å². The molecule has 0 amide bonds. The number of hydrogen-bond acceptors (Lipinski definition) is 12. The molecule has 5 atom stereocenters. The maximum absolute atomic E-state index is 11.8. The average molecular weight is 485 g/mol. The van der Waals surface area contributed by atoms with Crippen LogP contribution in [0.4, 0.5) is 5.69 Å². The van der Waals surface area contributed by atoms with Crippen LogP contribution in [-0.4, -0.2) is 65.3 Å². The van der Waals surface area contributed by atoms with Gasteiger partial charge in [-0.25, -0.2) is 0 Å². The Morgan fingerprint density at radius 3 is 1.88 bits per heavy atom. The minimum absolute atomic E-state index is 0.124. The number of nitrogens with zero attached hydrogens (tertiary/aromatic N) is 1. The first-order chi connectivity index (χ1) is 15.5. The Labute approximate surface area is 193 Å². The third-order valence-electron chi connectivity index (χ3n) is 4.25. The van der Waals surface area contributed by atoms with Crippen LogP contribution in [0.2, 0.25) is 0 Å². The molecule has 1 aromatic carbocycles.